The van der Waals surface area contributed by atoms with Crippen LogP contribution >= 0.6 is 0 Å². The molecule has 0 amide bonds. The van der Waals surface area contributed by atoms with E-state index in [1.54, 1.807) is 18.2 Å². The number of hydrogen-bond acceptors (Lipinski definition) is 5. The Bertz CT molecular complexity index is 895. The second kappa shape index (κ2) is 7.16. The molecule has 1 heterocycles. The summed E-state index contributed by atoms with van der Waals surface area (Å²) in [6.07, 6.45) is 2.90. The van der Waals surface area contributed by atoms with Crippen LogP contribution in [-0.4, -0.2) is 35.3 Å². The molecule has 1 aromatic carbocycles. The van der Waals surface area contributed by atoms with Crippen LogP contribution in [0.15, 0.2) is 47.6 Å². The fraction of sp³-hybridized carbons (Fsp3) is 0.133. The maximum atomic E-state index is 13.7. The van der Waals surface area contributed by atoms with Crippen LogP contribution in [0.4, 0.5) is 4.39 Å². The lowest BCUT2D eigenvalue weighted by Crippen LogP contribution is -2.35. The van der Waals surface area contributed by atoms with E-state index >= 15 is 0 Å². The summed E-state index contributed by atoms with van der Waals surface area (Å²) >= 11 is 0. The van der Waals surface area contributed by atoms with E-state index in [9.17, 15) is 17.6 Å². The molecule has 1 N–H and O–H groups in total. The molecule has 0 atom stereocenters. The zero-order valence-corrected chi connectivity index (χ0v) is 13.1. The van der Waals surface area contributed by atoms with Crippen molar-refractivity contribution < 1.29 is 22.7 Å². The fourth-order valence-electron chi connectivity index (χ4n) is 1.97. The highest BCUT2D eigenvalue weighted by atomic mass is 32.2. The van der Waals surface area contributed by atoms with Crippen molar-refractivity contribution in [1.82, 2.24) is 9.29 Å². The molecule has 0 saturated carbocycles. The number of carbonyl (C=O) groups is 1. The summed E-state index contributed by atoms with van der Waals surface area (Å²) in [7, 11) is -4.27. The lowest BCUT2D eigenvalue weighted by molar-refractivity contribution is -0.137. The van der Waals surface area contributed by atoms with Gasteiger partial charge in [-0.05, 0) is 29.8 Å². The van der Waals surface area contributed by atoms with Crippen molar-refractivity contribution in [3.63, 3.8) is 0 Å². The Hall–Kier alpha value is -2.83. The Morgan fingerprint density at radius 3 is 2.67 bits per heavy atom. The zero-order valence-electron chi connectivity index (χ0n) is 12.3. The molecule has 0 spiro atoms. The first kappa shape index (κ1) is 17.5. The average molecular weight is 349 g/mol. The van der Waals surface area contributed by atoms with Crippen molar-refractivity contribution in [2.75, 3.05) is 6.54 Å². The predicted molar refractivity (Wildman–Crippen MR) is 80.6 cm³/mol. The molecule has 7 nitrogen and oxygen atoms in total. The fourth-order valence-corrected chi connectivity index (χ4v) is 3.36. The van der Waals surface area contributed by atoms with Crippen molar-refractivity contribution in [2.24, 2.45) is 0 Å². The molecule has 0 radical (unpaired) electrons. The third kappa shape index (κ3) is 3.92. The second-order valence-corrected chi connectivity index (χ2v) is 6.72. The summed E-state index contributed by atoms with van der Waals surface area (Å²) in [6, 6.07) is 7.57. The highest BCUT2D eigenvalue weighted by Crippen LogP contribution is 2.20. The molecule has 0 aliphatic rings. The lowest BCUT2D eigenvalue weighted by atomic mass is 10.2. The van der Waals surface area contributed by atoms with Gasteiger partial charge in [0.25, 0.3) is 0 Å². The summed E-state index contributed by atoms with van der Waals surface area (Å²) in [5.41, 5.74) is 0.183. The molecule has 124 valence electrons. The average Bonchev–Trinajstić information content (AvgIpc) is 2.54. The van der Waals surface area contributed by atoms with E-state index in [1.165, 1.54) is 12.4 Å². The first-order valence-electron chi connectivity index (χ1n) is 6.65. The molecule has 2 rings (SSSR count). The van der Waals surface area contributed by atoms with Crippen LogP contribution in [0.25, 0.3) is 0 Å². The number of pyridine rings is 1. The van der Waals surface area contributed by atoms with E-state index in [0.29, 0.717) is 15.9 Å². The highest BCUT2D eigenvalue weighted by molar-refractivity contribution is 7.89. The normalized spacial score (nSPS) is 11.2. The number of sulfonamides is 1. The summed E-state index contributed by atoms with van der Waals surface area (Å²) in [5, 5.41) is 17.7. The third-order valence-corrected chi connectivity index (χ3v) is 4.88. The molecule has 0 unspecified atom stereocenters. The minimum absolute atomic E-state index is 0.232. The summed E-state index contributed by atoms with van der Waals surface area (Å²) < 4.78 is 39.6. The third-order valence-electron chi connectivity index (χ3n) is 3.09. The van der Waals surface area contributed by atoms with Crippen molar-refractivity contribution in [2.45, 2.75) is 11.4 Å². The van der Waals surface area contributed by atoms with Crippen LogP contribution < -0.4 is 0 Å². The molecule has 2 aromatic rings. The molecule has 0 fully saturated rings. The monoisotopic (exact) mass is 349 g/mol. The van der Waals surface area contributed by atoms with Gasteiger partial charge in [-0.3, -0.25) is 9.78 Å². The van der Waals surface area contributed by atoms with Crippen LogP contribution in [-0.2, 0) is 21.4 Å². The molecule has 0 bridgehead atoms. The van der Waals surface area contributed by atoms with Gasteiger partial charge in [0.15, 0.2) is 0 Å². The molecule has 0 aliphatic heterocycles. The standard InChI is InChI=1S/C15H12FN3O4S/c16-14-6-13(4-3-12(14)7-17)24(22,23)19(10-15(20)21)9-11-2-1-5-18-8-11/h1-6,8H,9-10H2,(H,20,21). The first-order valence-corrected chi connectivity index (χ1v) is 8.09. The van der Waals surface area contributed by atoms with E-state index < -0.39 is 33.3 Å². The van der Waals surface area contributed by atoms with Gasteiger partial charge in [0.1, 0.15) is 18.4 Å². The number of carboxylic acids is 1. The van der Waals surface area contributed by atoms with Crippen LogP contribution in [0, 0.1) is 17.1 Å². The van der Waals surface area contributed by atoms with E-state index in [1.807, 2.05) is 0 Å². The Balaban J connectivity index is 2.42. The topological polar surface area (TPSA) is 111 Å². The van der Waals surface area contributed by atoms with Crippen LogP contribution in [0.1, 0.15) is 11.1 Å². The number of rotatable bonds is 6. The minimum atomic E-state index is -4.27. The van der Waals surface area contributed by atoms with Gasteiger partial charge in [-0.1, -0.05) is 6.07 Å². The van der Waals surface area contributed by atoms with Crippen molar-refractivity contribution in [1.29, 1.82) is 5.26 Å². The van der Waals surface area contributed by atoms with Crippen LogP contribution in [0.3, 0.4) is 0 Å². The van der Waals surface area contributed by atoms with Gasteiger partial charge < -0.3 is 5.11 Å². The van der Waals surface area contributed by atoms with Crippen molar-refractivity contribution in [3.8, 4) is 6.07 Å². The molecule has 0 saturated heterocycles. The van der Waals surface area contributed by atoms with Gasteiger partial charge >= 0.3 is 5.97 Å². The van der Waals surface area contributed by atoms with E-state index in [0.717, 1.165) is 12.1 Å². The zero-order chi connectivity index (χ0) is 17.7. The van der Waals surface area contributed by atoms with Crippen LogP contribution in [0.2, 0.25) is 0 Å². The maximum absolute atomic E-state index is 13.7. The van der Waals surface area contributed by atoms with E-state index in [-0.39, 0.29) is 12.1 Å². The number of nitriles is 1. The summed E-state index contributed by atoms with van der Waals surface area (Å²) in [5.74, 6) is -2.34. The highest BCUT2D eigenvalue weighted by Gasteiger charge is 2.27. The number of aliphatic carboxylic acids is 1. The largest absolute Gasteiger partial charge is 0.480 e. The number of nitrogens with zero attached hydrogens (tertiary/aromatic N) is 3. The number of aromatic nitrogens is 1. The summed E-state index contributed by atoms with van der Waals surface area (Å²) in [4.78, 5) is 14.4. The van der Waals surface area contributed by atoms with Gasteiger partial charge in [0, 0.05) is 18.9 Å². The maximum Gasteiger partial charge on any atom is 0.318 e. The molecular formula is C15H12FN3O4S. The van der Waals surface area contributed by atoms with Gasteiger partial charge in [0.05, 0.1) is 10.5 Å². The SMILES string of the molecule is N#Cc1ccc(S(=O)(=O)N(CC(=O)O)Cc2cccnc2)cc1F. The van der Waals surface area contributed by atoms with Gasteiger partial charge in [-0.15, -0.1) is 0 Å². The molecule has 0 aliphatic carbocycles. The predicted octanol–water partition coefficient (Wildman–Crippen LogP) is 1.37. The minimum Gasteiger partial charge on any atom is -0.480 e. The Morgan fingerprint density at radius 2 is 2.12 bits per heavy atom. The second-order valence-electron chi connectivity index (χ2n) is 4.78. The number of carboxylic acid groups (broad SMARTS) is 1. The van der Waals surface area contributed by atoms with Gasteiger partial charge in [-0.2, -0.15) is 9.57 Å². The quantitative estimate of drug-likeness (QED) is 0.843. The molecule has 24 heavy (non-hydrogen) atoms. The van der Waals surface area contributed by atoms with Gasteiger partial charge in [-0.25, -0.2) is 12.8 Å². The van der Waals surface area contributed by atoms with E-state index in [2.05, 4.69) is 4.98 Å². The smallest absolute Gasteiger partial charge is 0.318 e. The molecular weight excluding hydrogens is 337 g/mol. The summed E-state index contributed by atoms with van der Waals surface area (Å²) in [6.45, 7) is -1.02. The molecule has 1 aromatic heterocycles. The van der Waals surface area contributed by atoms with Gasteiger partial charge in [0.2, 0.25) is 10.0 Å². The number of hydrogen-bond donors (Lipinski definition) is 1. The number of halogens is 1. The number of benzene rings is 1. The van der Waals surface area contributed by atoms with Crippen molar-refractivity contribution >= 4 is 16.0 Å². The Kier molecular flexibility index (Phi) is 5.23. The Labute approximate surface area is 137 Å². The lowest BCUT2D eigenvalue weighted by Gasteiger charge is -2.20. The van der Waals surface area contributed by atoms with Crippen LogP contribution in [0.5, 0.6) is 0 Å². The van der Waals surface area contributed by atoms with E-state index in [4.69, 9.17) is 10.4 Å². The van der Waals surface area contributed by atoms with Crippen molar-refractivity contribution in [3.05, 3.63) is 59.7 Å². The Morgan fingerprint density at radius 1 is 1.38 bits per heavy atom. The first-order chi connectivity index (χ1) is 11.3. The molecule has 9 heteroatoms.